The predicted molar refractivity (Wildman–Crippen MR) is 129 cm³/mol. The van der Waals surface area contributed by atoms with Gasteiger partial charge in [-0.3, -0.25) is 9.79 Å². The number of allylic oxidation sites excluding steroid dienone is 1. The molecule has 6 nitrogen and oxygen atoms in total. The molecule has 32 heavy (non-hydrogen) atoms. The molecule has 0 spiro atoms. The zero-order chi connectivity index (χ0) is 22.7. The number of aliphatic imine (C=N–C) groups is 1. The number of nitrogens with one attached hydrogen (secondary N) is 1. The summed E-state index contributed by atoms with van der Waals surface area (Å²) in [4.78, 5) is 17.2. The molecule has 1 fully saturated rings. The quantitative estimate of drug-likeness (QED) is 0.494. The zero-order valence-electron chi connectivity index (χ0n) is 18.5. The van der Waals surface area contributed by atoms with Crippen molar-refractivity contribution < 1.29 is 14.1 Å². The molecule has 4 rings (SSSR count). The van der Waals surface area contributed by atoms with E-state index in [0.717, 1.165) is 53.8 Å². The van der Waals surface area contributed by atoms with Crippen LogP contribution < -0.4 is 15.2 Å². The van der Waals surface area contributed by atoms with E-state index in [-0.39, 0.29) is 10.7 Å². The molecule has 2 aromatic rings. The van der Waals surface area contributed by atoms with Crippen LogP contribution in [0.25, 0.3) is 11.1 Å². The first-order valence-corrected chi connectivity index (χ1v) is 12.0. The molecule has 0 aromatic heterocycles. The molecule has 2 aliphatic rings. The SMILES string of the molecule is CN=C(C=CN)CC1COc2cc(-c3ccccc3C(=O)N[S+]([O-])C3(C)CC3)ccc2C1. The summed E-state index contributed by atoms with van der Waals surface area (Å²) in [5.74, 6) is 0.859. The number of carbonyl (C=O) groups excluding carboxylic acids is 1. The summed E-state index contributed by atoms with van der Waals surface area (Å²) >= 11 is -1.38. The van der Waals surface area contributed by atoms with Gasteiger partial charge in [0.15, 0.2) is 0 Å². The number of hydrogen-bond acceptors (Lipinski definition) is 5. The molecule has 0 radical (unpaired) electrons. The van der Waals surface area contributed by atoms with E-state index >= 15 is 0 Å². The number of rotatable bonds is 7. The first kappa shape index (κ1) is 22.4. The number of amides is 1. The molecule has 1 heterocycles. The van der Waals surface area contributed by atoms with Crippen LogP contribution in [0.5, 0.6) is 5.75 Å². The van der Waals surface area contributed by atoms with Gasteiger partial charge in [-0.15, -0.1) is 0 Å². The second kappa shape index (κ2) is 9.38. The Morgan fingerprint density at radius 2 is 2.12 bits per heavy atom. The molecule has 0 bridgehead atoms. The minimum absolute atomic E-state index is 0.289. The Labute approximate surface area is 192 Å². The lowest BCUT2D eigenvalue weighted by Crippen LogP contribution is -2.38. The summed E-state index contributed by atoms with van der Waals surface area (Å²) in [7, 11) is 1.77. The highest BCUT2D eigenvalue weighted by Gasteiger charge is 2.51. The number of fused-ring (bicyclic) bond motifs is 1. The van der Waals surface area contributed by atoms with Crippen molar-refractivity contribution in [2.75, 3.05) is 13.7 Å². The van der Waals surface area contributed by atoms with E-state index in [1.807, 2.05) is 43.3 Å². The van der Waals surface area contributed by atoms with Crippen molar-refractivity contribution in [1.29, 1.82) is 0 Å². The van der Waals surface area contributed by atoms with Gasteiger partial charge < -0.3 is 15.0 Å². The van der Waals surface area contributed by atoms with Crippen molar-refractivity contribution in [3.8, 4) is 16.9 Å². The Hall–Kier alpha value is -2.77. The summed E-state index contributed by atoms with van der Waals surface area (Å²) in [5, 5.41) is 0. The minimum Gasteiger partial charge on any atom is -0.593 e. The van der Waals surface area contributed by atoms with Crippen LogP contribution >= 0.6 is 0 Å². The number of nitrogens with two attached hydrogens (primary N) is 1. The van der Waals surface area contributed by atoms with E-state index < -0.39 is 11.4 Å². The number of nitrogens with zero attached hydrogens (tertiary/aromatic N) is 1. The van der Waals surface area contributed by atoms with E-state index in [2.05, 4.69) is 15.8 Å². The molecule has 2 unspecified atom stereocenters. The molecule has 168 valence electrons. The van der Waals surface area contributed by atoms with Gasteiger partial charge >= 0.3 is 0 Å². The molecular formula is C25H29N3O3S. The van der Waals surface area contributed by atoms with E-state index in [0.29, 0.717) is 18.1 Å². The molecule has 2 atom stereocenters. The van der Waals surface area contributed by atoms with Gasteiger partial charge in [0.05, 0.1) is 23.5 Å². The minimum atomic E-state index is -1.38. The maximum atomic E-state index is 12.9. The third-order valence-electron chi connectivity index (χ3n) is 6.19. The molecule has 3 N–H and O–H groups in total. The highest BCUT2D eigenvalue weighted by atomic mass is 32.2. The maximum Gasteiger partial charge on any atom is 0.292 e. The molecule has 1 saturated carbocycles. The zero-order valence-corrected chi connectivity index (χ0v) is 19.3. The van der Waals surface area contributed by atoms with Crippen molar-refractivity contribution in [3.63, 3.8) is 0 Å². The van der Waals surface area contributed by atoms with Gasteiger partial charge in [0.1, 0.15) is 10.5 Å². The normalized spacial score (nSPS) is 20.3. The number of hydrogen-bond donors (Lipinski definition) is 2. The lowest BCUT2D eigenvalue weighted by atomic mass is 9.90. The topological polar surface area (TPSA) is 99.8 Å². The van der Waals surface area contributed by atoms with Crippen LogP contribution in [0.15, 0.2) is 59.7 Å². The van der Waals surface area contributed by atoms with Gasteiger partial charge in [-0.2, -0.15) is 4.72 Å². The molecular weight excluding hydrogens is 422 g/mol. The van der Waals surface area contributed by atoms with Crippen molar-refractivity contribution in [1.82, 2.24) is 4.72 Å². The first-order valence-electron chi connectivity index (χ1n) is 10.9. The third-order valence-corrected chi connectivity index (χ3v) is 7.87. The summed E-state index contributed by atoms with van der Waals surface area (Å²) in [5.41, 5.74) is 9.81. The smallest absolute Gasteiger partial charge is 0.292 e. The molecule has 1 amide bonds. The number of carbonyl (C=O) groups is 1. The van der Waals surface area contributed by atoms with Gasteiger partial charge in [0.2, 0.25) is 0 Å². The fraction of sp³-hybridized carbons (Fsp3) is 0.360. The van der Waals surface area contributed by atoms with Gasteiger partial charge in [-0.25, -0.2) is 0 Å². The third kappa shape index (κ3) is 4.84. The molecule has 7 heteroatoms. The summed E-state index contributed by atoms with van der Waals surface area (Å²) in [6.45, 7) is 2.54. The molecule has 0 saturated heterocycles. The van der Waals surface area contributed by atoms with Crippen LogP contribution in [-0.4, -0.2) is 34.6 Å². The molecule has 1 aliphatic carbocycles. The van der Waals surface area contributed by atoms with Gasteiger partial charge in [0, 0.05) is 31.5 Å². The highest BCUT2D eigenvalue weighted by Crippen LogP contribution is 2.42. The van der Waals surface area contributed by atoms with E-state index in [4.69, 9.17) is 10.5 Å². The van der Waals surface area contributed by atoms with Crippen molar-refractivity contribution in [2.24, 2.45) is 16.6 Å². The maximum absolute atomic E-state index is 12.9. The predicted octanol–water partition coefficient (Wildman–Crippen LogP) is 3.78. The van der Waals surface area contributed by atoms with E-state index in [9.17, 15) is 9.35 Å². The van der Waals surface area contributed by atoms with Crippen LogP contribution in [0, 0.1) is 5.92 Å². The number of benzene rings is 2. The van der Waals surface area contributed by atoms with Gasteiger partial charge in [0.25, 0.3) is 5.91 Å². The van der Waals surface area contributed by atoms with Crippen LogP contribution in [0.1, 0.15) is 42.1 Å². The lowest BCUT2D eigenvalue weighted by Gasteiger charge is -2.26. The Morgan fingerprint density at radius 3 is 2.84 bits per heavy atom. The van der Waals surface area contributed by atoms with Gasteiger partial charge in [-0.05, 0) is 60.9 Å². The average molecular weight is 452 g/mol. The highest BCUT2D eigenvalue weighted by molar-refractivity contribution is 7.91. The second-order valence-electron chi connectivity index (χ2n) is 8.68. The van der Waals surface area contributed by atoms with Crippen molar-refractivity contribution >= 4 is 23.0 Å². The second-order valence-corrected chi connectivity index (χ2v) is 10.4. The fourth-order valence-corrected chi connectivity index (χ4v) is 4.93. The molecule has 1 aliphatic heterocycles. The van der Waals surface area contributed by atoms with Crippen molar-refractivity contribution in [3.05, 3.63) is 65.9 Å². The van der Waals surface area contributed by atoms with Crippen molar-refractivity contribution in [2.45, 2.75) is 37.4 Å². The van der Waals surface area contributed by atoms with E-state index in [1.165, 1.54) is 6.20 Å². The number of ether oxygens (including phenoxy) is 1. The van der Waals surface area contributed by atoms with Crippen LogP contribution in [0.4, 0.5) is 0 Å². The van der Waals surface area contributed by atoms with Gasteiger partial charge in [-0.1, -0.05) is 30.3 Å². The van der Waals surface area contributed by atoms with E-state index in [1.54, 1.807) is 13.1 Å². The summed E-state index contributed by atoms with van der Waals surface area (Å²) in [6.07, 6.45) is 6.80. The standard InChI is InChI=1S/C25H29N3O3S/c1-25(10-11-25)32(30)28-24(29)22-6-4-3-5-21(22)18-7-8-19-13-17(16-31-23(19)15-18)14-20(27-2)9-12-26/h3-9,12,15,17H,10-11,13-14,16,26H2,1-2H3,(H,28,29). The molecule has 2 aromatic carbocycles. The summed E-state index contributed by atoms with van der Waals surface area (Å²) < 4.78 is 20.9. The monoisotopic (exact) mass is 451 g/mol. The Morgan fingerprint density at radius 1 is 1.34 bits per heavy atom. The lowest BCUT2D eigenvalue weighted by molar-refractivity contribution is 0.0981. The summed E-state index contributed by atoms with van der Waals surface area (Å²) in [6, 6.07) is 13.5. The van der Waals surface area contributed by atoms with Crippen LogP contribution in [0.2, 0.25) is 0 Å². The Kier molecular flexibility index (Phi) is 6.58. The fourth-order valence-electron chi connectivity index (χ4n) is 3.93. The first-order chi connectivity index (χ1) is 15.4. The average Bonchev–Trinajstić information content (AvgIpc) is 3.57. The Balaban J connectivity index is 1.52. The Bertz CT molecular complexity index is 1060. The van der Waals surface area contributed by atoms with Crippen LogP contribution in [-0.2, 0) is 17.8 Å². The largest absolute Gasteiger partial charge is 0.593 e. The van der Waals surface area contributed by atoms with Crippen LogP contribution in [0.3, 0.4) is 0 Å².